The molecule has 0 radical (unpaired) electrons. The van der Waals surface area contributed by atoms with Gasteiger partial charge in [-0.25, -0.2) is 9.97 Å². The lowest BCUT2D eigenvalue weighted by Gasteiger charge is -2.08. The number of nitrogens with zero attached hydrogens (tertiary/aromatic N) is 2. The monoisotopic (exact) mass is 339 g/mol. The third kappa shape index (κ3) is 3.18. The fourth-order valence-corrected chi connectivity index (χ4v) is 3.60. The molecule has 4 rings (SSSR count). The van der Waals surface area contributed by atoms with Gasteiger partial charge in [-0.3, -0.25) is 0 Å². The second kappa shape index (κ2) is 6.36. The Morgan fingerprint density at radius 3 is 2.70 bits per heavy atom. The predicted molar refractivity (Wildman–Crippen MR) is 95.8 cm³/mol. The summed E-state index contributed by atoms with van der Waals surface area (Å²) >= 11 is 3.33. The molecule has 114 valence electrons. The topological polar surface area (TPSA) is 47.0 Å². The average Bonchev–Trinajstić information content (AvgIpc) is 3.26. The van der Waals surface area contributed by atoms with Gasteiger partial charge in [-0.2, -0.15) is 0 Å². The lowest BCUT2D eigenvalue weighted by atomic mass is 10.3. The van der Waals surface area contributed by atoms with Crippen LogP contribution in [-0.2, 0) is 6.61 Å². The number of aromatic nitrogens is 2. The van der Waals surface area contributed by atoms with Crippen molar-refractivity contribution in [1.29, 1.82) is 0 Å². The average molecular weight is 339 g/mol. The molecular formula is C17H13N3OS2. The summed E-state index contributed by atoms with van der Waals surface area (Å²) in [5, 5.41) is 7.41. The van der Waals surface area contributed by atoms with Crippen LogP contribution in [0.25, 0.3) is 10.2 Å². The van der Waals surface area contributed by atoms with Gasteiger partial charge in [-0.05, 0) is 47.2 Å². The Kier molecular flexibility index (Phi) is 3.92. The van der Waals surface area contributed by atoms with Gasteiger partial charge in [0.1, 0.15) is 18.7 Å². The first kappa shape index (κ1) is 14.2. The zero-order valence-corrected chi connectivity index (χ0v) is 13.7. The van der Waals surface area contributed by atoms with Gasteiger partial charge in [0.25, 0.3) is 0 Å². The van der Waals surface area contributed by atoms with Crippen molar-refractivity contribution >= 4 is 44.4 Å². The first-order valence-corrected chi connectivity index (χ1v) is 8.85. The number of nitrogens with one attached hydrogen (secondary N) is 1. The molecule has 0 saturated heterocycles. The summed E-state index contributed by atoms with van der Waals surface area (Å²) in [4.78, 5) is 9.79. The molecule has 3 heterocycles. The van der Waals surface area contributed by atoms with Gasteiger partial charge in [-0.1, -0.05) is 6.07 Å². The molecule has 0 amide bonds. The molecule has 1 aromatic carbocycles. The summed E-state index contributed by atoms with van der Waals surface area (Å²) < 4.78 is 6.83. The van der Waals surface area contributed by atoms with Crippen LogP contribution < -0.4 is 10.1 Å². The maximum atomic E-state index is 5.77. The van der Waals surface area contributed by atoms with E-state index in [0.717, 1.165) is 27.5 Å². The van der Waals surface area contributed by atoms with E-state index in [0.29, 0.717) is 6.61 Å². The van der Waals surface area contributed by atoms with Crippen LogP contribution in [0.5, 0.6) is 5.75 Å². The predicted octanol–water partition coefficient (Wildman–Crippen LogP) is 5.08. The zero-order valence-electron chi connectivity index (χ0n) is 12.1. The van der Waals surface area contributed by atoms with E-state index in [4.69, 9.17) is 4.74 Å². The van der Waals surface area contributed by atoms with Crippen molar-refractivity contribution in [2.75, 3.05) is 5.32 Å². The molecule has 23 heavy (non-hydrogen) atoms. The van der Waals surface area contributed by atoms with E-state index < -0.39 is 0 Å². The fraction of sp³-hybridized carbons (Fsp3) is 0.0588. The maximum absolute atomic E-state index is 5.77. The molecule has 0 aliphatic carbocycles. The molecule has 0 aliphatic rings. The third-order valence-electron chi connectivity index (χ3n) is 3.32. The standard InChI is InChI=1S/C17H13N3OS2/c1-2-14(22-8-1)10-21-13-5-3-12(4-6-13)20-17-16-15(7-9-23-16)18-11-19-17/h1-9,11H,10H2,(H,18,19,20). The molecule has 3 aromatic heterocycles. The van der Waals surface area contributed by atoms with Crippen LogP contribution >= 0.6 is 22.7 Å². The van der Waals surface area contributed by atoms with Crippen LogP contribution in [0.1, 0.15) is 4.88 Å². The minimum absolute atomic E-state index is 0.603. The van der Waals surface area contributed by atoms with E-state index in [1.807, 2.05) is 41.8 Å². The first-order chi connectivity index (χ1) is 11.4. The second-order valence-electron chi connectivity index (χ2n) is 4.87. The van der Waals surface area contributed by atoms with Crippen molar-refractivity contribution in [3.63, 3.8) is 0 Å². The van der Waals surface area contributed by atoms with Crippen molar-refractivity contribution in [3.8, 4) is 5.75 Å². The van der Waals surface area contributed by atoms with Crippen LogP contribution in [0.4, 0.5) is 11.5 Å². The summed E-state index contributed by atoms with van der Waals surface area (Å²) in [5.41, 5.74) is 1.94. The number of rotatable bonds is 5. The Hall–Kier alpha value is -2.44. The molecule has 4 nitrogen and oxygen atoms in total. The number of ether oxygens (including phenoxy) is 1. The summed E-state index contributed by atoms with van der Waals surface area (Å²) in [5.74, 6) is 1.69. The molecule has 0 fully saturated rings. The van der Waals surface area contributed by atoms with Crippen molar-refractivity contribution in [1.82, 2.24) is 9.97 Å². The highest BCUT2D eigenvalue weighted by Gasteiger charge is 2.05. The zero-order chi connectivity index (χ0) is 15.5. The summed E-state index contributed by atoms with van der Waals surface area (Å²) in [6.45, 7) is 0.603. The lowest BCUT2D eigenvalue weighted by Crippen LogP contribution is -1.95. The number of anilines is 2. The van der Waals surface area contributed by atoms with Gasteiger partial charge in [0, 0.05) is 10.6 Å². The molecular weight excluding hydrogens is 326 g/mol. The van der Waals surface area contributed by atoms with E-state index in [9.17, 15) is 0 Å². The highest BCUT2D eigenvalue weighted by molar-refractivity contribution is 7.17. The lowest BCUT2D eigenvalue weighted by molar-refractivity contribution is 0.310. The first-order valence-electron chi connectivity index (χ1n) is 7.09. The minimum Gasteiger partial charge on any atom is -0.488 e. The van der Waals surface area contributed by atoms with Crippen molar-refractivity contribution in [2.24, 2.45) is 0 Å². The van der Waals surface area contributed by atoms with E-state index in [-0.39, 0.29) is 0 Å². The van der Waals surface area contributed by atoms with E-state index in [1.165, 1.54) is 4.88 Å². The van der Waals surface area contributed by atoms with Gasteiger partial charge in [0.2, 0.25) is 0 Å². The number of benzene rings is 1. The summed E-state index contributed by atoms with van der Waals surface area (Å²) in [7, 11) is 0. The molecule has 6 heteroatoms. The molecule has 0 atom stereocenters. The van der Waals surface area contributed by atoms with Gasteiger partial charge in [0.15, 0.2) is 5.82 Å². The van der Waals surface area contributed by atoms with Crippen molar-refractivity contribution < 1.29 is 4.74 Å². The fourth-order valence-electron chi connectivity index (χ4n) is 2.20. The van der Waals surface area contributed by atoms with Crippen LogP contribution in [0.2, 0.25) is 0 Å². The minimum atomic E-state index is 0.603. The third-order valence-corrected chi connectivity index (χ3v) is 5.08. The van der Waals surface area contributed by atoms with Crippen molar-refractivity contribution in [2.45, 2.75) is 6.61 Å². The maximum Gasteiger partial charge on any atom is 0.151 e. The van der Waals surface area contributed by atoms with Gasteiger partial charge in [-0.15, -0.1) is 22.7 Å². The molecule has 1 N–H and O–H groups in total. The van der Waals surface area contributed by atoms with Gasteiger partial charge < -0.3 is 10.1 Å². The van der Waals surface area contributed by atoms with Crippen molar-refractivity contribution in [3.05, 3.63) is 64.4 Å². The molecule has 0 aliphatic heterocycles. The second-order valence-corrected chi connectivity index (χ2v) is 6.82. The molecule has 4 aromatic rings. The number of fused-ring (bicyclic) bond motifs is 1. The Bertz CT molecular complexity index is 901. The normalized spacial score (nSPS) is 10.8. The Labute approximate surface area is 141 Å². The number of hydrogen-bond acceptors (Lipinski definition) is 6. The Morgan fingerprint density at radius 1 is 0.957 bits per heavy atom. The van der Waals surface area contributed by atoms with Gasteiger partial charge >= 0.3 is 0 Å². The molecule has 0 bridgehead atoms. The van der Waals surface area contributed by atoms with Crippen LogP contribution in [-0.4, -0.2) is 9.97 Å². The smallest absolute Gasteiger partial charge is 0.151 e. The summed E-state index contributed by atoms with van der Waals surface area (Å²) in [6.07, 6.45) is 1.58. The SMILES string of the molecule is c1csc(COc2ccc(Nc3ncnc4ccsc34)cc2)c1. The Balaban J connectivity index is 1.46. The number of thiophene rings is 2. The van der Waals surface area contributed by atoms with Gasteiger partial charge in [0.05, 0.1) is 10.2 Å². The highest BCUT2D eigenvalue weighted by atomic mass is 32.1. The quantitative estimate of drug-likeness (QED) is 0.551. The largest absolute Gasteiger partial charge is 0.488 e. The van der Waals surface area contributed by atoms with Crippen LogP contribution in [0, 0.1) is 0 Å². The summed E-state index contributed by atoms with van der Waals surface area (Å²) in [6, 6.07) is 14.0. The van der Waals surface area contributed by atoms with E-state index in [2.05, 4.69) is 26.7 Å². The van der Waals surface area contributed by atoms with E-state index >= 15 is 0 Å². The van der Waals surface area contributed by atoms with E-state index in [1.54, 1.807) is 29.0 Å². The highest BCUT2D eigenvalue weighted by Crippen LogP contribution is 2.28. The Morgan fingerprint density at radius 2 is 1.87 bits per heavy atom. The number of hydrogen-bond donors (Lipinski definition) is 1. The van der Waals surface area contributed by atoms with Crippen LogP contribution in [0.15, 0.2) is 59.6 Å². The molecule has 0 unspecified atom stereocenters. The van der Waals surface area contributed by atoms with Crippen LogP contribution in [0.3, 0.4) is 0 Å². The molecule has 0 saturated carbocycles. The molecule has 0 spiro atoms.